The SMILES string of the molecule is CCCCCCCC/C=C\CCCCCCCCCCCC(=O)OCC1O[C@@H](O[C@H]2CC[C@@]3(C)C(=CC[C@H]4[C@@H]5CC[C@H]([C@H](C)/C=C/[C@@H](CC)C(C)C)[C@@]5(C)CC[C@@H]43)C2)C(O)C(O)[C@@H]1O. The van der Waals surface area contributed by atoms with Gasteiger partial charge < -0.3 is 29.5 Å². The number of carbonyl (C=O) groups is 1. The Kier molecular flexibility index (Phi) is 22.4. The van der Waals surface area contributed by atoms with Gasteiger partial charge in [-0.3, -0.25) is 4.79 Å². The number of allylic oxidation sites excluding steroid dienone is 5. The van der Waals surface area contributed by atoms with Crippen molar-refractivity contribution in [1.82, 2.24) is 0 Å². The number of unbranched alkanes of at least 4 members (excludes halogenated alkanes) is 15. The van der Waals surface area contributed by atoms with Crippen LogP contribution < -0.4 is 0 Å². The fourth-order valence-electron chi connectivity index (χ4n) is 13.6. The fraction of sp³-hybridized carbons (Fsp3) is 0.877. The molecule has 4 fully saturated rings. The van der Waals surface area contributed by atoms with Crippen molar-refractivity contribution in [3.63, 3.8) is 0 Å². The van der Waals surface area contributed by atoms with E-state index >= 15 is 0 Å². The predicted octanol–water partition coefficient (Wildman–Crippen LogP) is 13.8. The minimum atomic E-state index is -1.45. The van der Waals surface area contributed by atoms with Crippen molar-refractivity contribution in [1.29, 1.82) is 0 Å². The van der Waals surface area contributed by atoms with Crippen LogP contribution >= 0.6 is 0 Å². The molecule has 0 aromatic carbocycles. The number of hydrogen-bond donors (Lipinski definition) is 3. The lowest BCUT2D eigenvalue weighted by atomic mass is 9.47. The van der Waals surface area contributed by atoms with Gasteiger partial charge in [0.15, 0.2) is 6.29 Å². The Morgan fingerprint density at radius 2 is 1.41 bits per heavy atom. The molecule has 7 heteroatoms. The molecule has 0 radical (unpaired) electrons. The van der Waals surface area contributed by atoms with Crippen molar-refractivity contribution in [3.8, 4) is 0 Å². The maximum atomic E-state index is 12.7. The van der Waals surface area contributed by atoms with Gasteiger partial charge in [-0.1, -0.05) is 161 Å². The molecule has 3 unspecified atom stereocenters. The number of fused-ring (bicyclic) bond motifs is 5. The second-order valence-corrected chi connectivity index (χ2v) is 22.5. The van der Waals surface area contributed by atoms with E-state index in [-0.39, 0.29) is 24.1 Å². The van der Waals surface area contributed by atoms with Crippen LogP contribution in [-0.4, -0.2) is 64.7 Å². The highest BCUT2D eigenvalue weighted by Gasteiger charge is 2.59. The minimum absolute atomic E-state index is 0.150. The largest absolute Gasteiger partial charge is 0.463 e. The molecule has 0 bridgehead atoms. The molecule has 7 nitrogen and oxygen atoms in total. The normalized spacial score (nSPS) is 35.0. The zero-order chi connectivity index (χ0) is 46.1. The molecule has 0 spiro atoms. The molecule has 4 aliphatic carbocycles. The molecule has 0 amide bonds. The number of aliphatic hydroxyl groups is 3. The summed E-state index contributed by atoms with van der Waals surface area (Å²) < 4.78 is 18.1. The summed E-state index contributed by atoms with van der Waals surface area (Å²) in [6.07, 6.45) is 37.9. The number of carbonyl (C=O) groups excluding carboxylic acids is 1. The number of hydrogen-bond acceptors (Lipinski definition) is 7. The van der Waals surface area contributed by atoms with Gasteiger partial charge in [-0.15, -0.1) is 0 Å². The Balaban J connectivity index is 0.972. The summed E-state index contributed by atoms with van der Waals surface area (Å²) in [6.45, 7) is 16.8. The van der Waals surface area contributed by atoms with Gasteiger partial charge in [-0.2, -0.15) is 0 Å². The number of esters is 1. The first-order chi connectivity index (χ1) is 30.8. The van der Waals surface area contributed by atoms with Crippen molar-refractivity contribution < 1.29 is 34.3 Å². The highest BCUT2D eigenvalue weighted by molar-refractivity contribution is 5.69. The maximum Gasteiger partial charge on any atom is 0.305 e. The monoisotopic (exact) mass is 895 g/mol. The molecule has 14 atom stereocenters. The third-order valence-electron chi connectivity index (χ3n) is 17.8. The van der Waals surface area contributed by atoms with Gasteiger partial charge in [0.25, 0.3) is 0 Å². The van der Waals surface area contributed by atoms with Crippen LogP contribution in [0.15, 0.2) is 36.0 Å². The van der Waals surface area contributed by atoms with Crippen LogP contribution in [0, 0.1) is 52.3 Å². The zero-order valence-corrected chi connectivity index (χ0v) is 42.2. The maximum absolute atomic E-state index is 12.7. The standard InChI is InChI=1S/C57H98O7/c1-8-10-11-12-13-14-15-16-17-18-19-20-21-22-23-24-25-26-27-28-51(58)62-40-50-52(59)53(60)54(61)55(64-50)63-45-35-37-56(6)44(39-45)31-32-46-48-34-33-47(57(48,7)38-36-49(46)56)42(5)29-30-43(9-2)41(3)4/h16-17,29-31,41-43,45-50,52-55,59-61H,8-15,18-28,32-40H2,1-7H3/b17-16-,30-29+/t42-,43-,45+,46+,47-,48+,49+,50?,52-,53?,54?,55-,56+,57-/m1/s1. The number of rotatable bonds is 28. The second kappa shape index (κ2) is 26.9. The summed E-state index contributed by atoms with van der Waals surface area (Å²) in [7, 11) is 0. The summed E-state index contributed by atoms with van der Waals surface area (Å²) in [5.74, 6) is 4.61. The predicted molar refractivity (Wildman–Crippen MR) is 263 cm³/mol. The molecule has 64 heavy (non-hydrogen) atoms. The van der Waals surface area contributed by atoms with Gasteiger partial charge in [-0.25, -0.2) is 0 Å². The Morgan fingerprint density at radius 3 is 2.05 bits per heavy atom. The van der Waals surface area contributed by atoms with Crippen molar-refractivity contribution >= 4 is 5.97 Å². The summed E-state index contributed by atoms with van der Waals surface area (Å²) in [5, 5.41) is 32.6. The first-order valence-electron chi connectivity index (χ1n) is 27.4. The van der Waals surface area contributed by atoms with E-state index in [0.29, 0.717) is 35.5 Å². The Hall–Kier alpha value is -1.51. The molecule has 3 saturated carbocycles. The molecular weight excluding hydrogens is 797 g/mol. The van der Waals surface area contributed by atoms with E-state index in [2.05, 4.69) is 78.8 Å². The lowest BCUT2D eigenvalue weighted by Crippen LogP contribution is -2.60. The Morgan fingerprint density at radius 1 is 0.766 bits per heavy atom. The van der Waals surface area contributed by atoms with Crippen LogP contribution in [0.3, 0.4) is 0 Å². The molecule has 1 aliphatic heterocycles. The molecule has 368 valence electrons. The third-order valence-corrected chi connectivity index (χ3v) is 17.8. The van der Waals surface area contributed by atoms with Crippen LogP contribution in [0.1, 0.15) is 222 Å². The van der Waals surface area contributed by atoms with Crippen molar-refractivity contribution in [2.24, 2.45) is 52.3 Å². The first kappa shape index (κ1) is 53.4. The van der Waals surface area contributed by atoms with Gasteiger partial charge >= 0.3 is 5.97 Å². The lowest BCUT2D eigenvalue weighted by Gasteiger charge is -2.58. The quantitative estimate of drug-likeness (QED) is 0.0408. The molecular formula is C57H98O7. The average molecular weight is 895 g/mol. The zero-order valence-electron chi connectivity index (χ0n) is 42.2. The van der Waals surface area contributed by atoms with Crippen molar-refractivity contribution in [2.75, 3.05) is 6.61 Å². The van der Waals surface area contributed by atoms with Crippen molar-refractivity contribution in [3.05, 3.63) is 36.0 Å². The summed E-state index contributed by atoms with van der Waals surface area (Å²) in [6, 6.07) is 0. The van der Waals surface area contributed by atoms with E-state index < -0.39 is 30.7 Å². The van der Waals surface area contributed by atoms with Gasteiger partial charge in [0, 0.05) is 6.42 Å². The summed E-state index contributed by atoms with van der Waals surface area (Å²) in [5.41, 5.74) is 2.05. The molecule has 3 N–H and O–H groups in total. The summed E-state index contributed by atoms with van der Waals surface area (Å²) in [4.78, 5) is 12.7. The summed E-state index contributed by atoms with van der Waals surface area (Å²) >= 11 is 0. The van der Waals surface area contributed by atoms with E-state index in [4.69, 9.17) is 14.2 Å². The van der Waals surface area contributed by atoms with Gasteiger partial charge in [0.1, 0.15) is 31.0 Å². The van der Waals surface area contributed by atoms with E-state index in [1.807, 2.05) is 0 Å². The van der Waals surface area contributed by atoms with Crippen LogP contribution in [-0.2, 0) is 19.0 Å². The van der Waals surface area contributed by atoms with Crippen molar-refractivity contribution in [2.45, 2.75) is 259 Å². The van der Waals surface area contributed by atoms with Gasteiger partial charge in [0.2, 0.25) is 0 Å². The number of aliphatic hydroxyl groups excluding tert-OH is 3. The third kappa shape index (κ3) is 14.5. The van der Waals surface area contributed by atoms with Crippen LogP contribution in [0.25, 0.3) is 0 Å². The smallest absolute Gasteiger partial charge is 0.305 e. The molecule has 5 aliphatic rings. The molecule has 1 saturated heterocycles. The van der Waals surface area contributed by atoms with Crippen LogP contribution in [0.2, 0.25) is 0 Å². The molecule has 0 aromatic heterocycles. The van der Waals surface area contributed by atoms with Crippen LogP contribution in [0.4, 0.5) is 0 Å². The van der Waals surface area contributed by atoms with Gasteiger partial charge in [0.05, 0.1) is 6.10 Å². The fourth-order valence-corrected chi connectivity index (χ4v) is 13.6. The molecule has 5 rings (SSSR count). The Bertz CT molecular complexity index is 1440. The highest BCUT2D eigenvalue weighted by atomic mass is 16.7. The molecule has 1 heterocycles. The van der Waals surface area contributed by atoms with Gasteiger partial charge in [-0.05, 0) is 142 Å². The van der Waals surface area contributed by atoms with E-state index in [0.717, 1.165) is 62.7 Å². The number of ether oxygens (including phenoxy) is 3. The van der Waals surface area contributed by atoms with E-state index in [9.17, 15) is 20.1 Å². The highest BCUT2D eigenvalue weighted by Crippen LogP contribution is 2.67. The molecule has 0 aromatic rings. The average Bonchev–Trinajstić information content (AvgIpc) is 3.64. The topological polar surface area (TPSA) is 105 Å². The van der Waals surface area contributed by atoms with E-state index in [1.165, 1.54) is 128 Å². The first-order valence-corrected chi connectivity index (χ1v) is 27.4. The van der Waals surface area contributed by atoms with Crippen LogP contribution in [0.5, 0.6) is 0 Å². The van der Waals surface area contributed by atoms with E-state index in [1.54, 1.807) is 0 Å². The lowest BCUT2D eigenvalue weighted by molar-refractivity contribution is -0.313. The second-order valence-electron chi connectivity index (χ2n) is 22.5. The minimum Gasteiger partial charge on any atom is -0.463 e. The Labute approximate surface area is 392 Å².